The van der Waals surface area contributed by atoms with E-state index in [-0.39, 0.29) is 31.1 Å². The van der Waals surface area contributed by atoms with Crippen LogP contribution in [0.4, 0.5) is 9.18 Å². The summed E-state index contributed by atoms with van der Waals surface area (Å²) in [6.45, 7) is 5.01. The summed E-state index contributed by atoms with van der Waals surface area (Å²) in [7, 11) is -4.02. The number of amides is 1. The van der Waals surface area contributed by atoms with Crippen LogP contribution in [0.15, 0.2) is 0 Å². The van der Waals surface area contributed by atoms with Gasteiger partial charge in [-0.15, -0.1) is 0 Å². The molecular weight excluding hydrogens is 301 g/mol. The summed E-state index contributed by atoms with van der Waals surface area (Å²) in [6.07, 6.45) is 0.379. The average Bonchev–Trinajstić information content (AvgIpc) is 2.26. The largest absolute Gasteiger partial charge is 0.444 e. The van der Waals surface area contributed by atoms with E-state index in [1.807, 2.05) is 0 Å². The van der Waals surface area contributed by atoms with Gasteiger partial charge in [0, 0.05) is 0 Å². The number of alkyl halides is 1. The minimum Gasteiger partial charge on any atom is -0.444 e. The van der Waals surface area contributed by atoms with Crippen molar-refractivity contribution in [3.05, 3.63) is 0 Å². The van der Waals surface area contributed by atoms with Crippen molar-refractivity contribution in [1.82, 2.24) is 5.32 Å². The molecule has 0 unspecified atom stereocenters. The topological polar surface area (TPSA) is 92.7 Å². The predicted molar refractivity (Wildman–Crippen MR) is 76.4 cm³/mol. The number of ether oxygens (including phenoxy) is 1. The van der Waals surface area contributed by atoms with Gasteiger partial charge in [-0.3, -0.25) is 4.55 Å². The second kappa shape index (κ2) is 6.48. The minimum atomic E-state index is -4.02. The number of nitrogens with one attached hydrogen (secondary N) is 1. The lowest BCUT2D eigenvalue weighted by atomic mass is 9.81. The molecule has 1 rings (SSSR count). The molecule has 1 fully saturated rings. The Hall–Kier alpha value is -0.890. The molecule has 6 nitrogen and oxygen atoms in total. The Balaban J connectivity index is 2.39. The van der Waals surface area contributed by atoms with E-state index < -0.39 is 27.5 Å². The van der Waals surface area contributed by atoms with Crippen LogP contribution in [0.5, 0.6) is 0 Å². The fourth-order valence-electron chi connectivity index (χ4n) is 2.38. The van der Waals surface area contributed by atoms with Gasteiger partial charge < -0.3 is 10.1 Å². The summed E-state index contributed by atoms with van der Waals surface area (Å²) in [5, 5.41) is 2.41. The number of alkyl carbamates (subject to hydrolysis) is 1. The molecule has 0 bridgehead atoms. The summed E-state index contributed by atoms with van der Waals surface area (Å²) >= 11 is 0. The Kier molecular flexibility index (Phi) is 5.60. The van der Waals surface area contributed by atoms with Crippen molar-refractivity contribution < 1.29 is 26.9 Å². The highest BCUT2D eigenvalue weighted by atomic mass is 32.2. The smallest absolute Gasteiger partial charge is 0.407 e. The van der Waals surface area contributed by atoms with E-state index in [0.29, 0.717) is 12.8 Å². The Labute approximate surface area is 125 Å². The number of carbonyl (C=O) groups is 1. The first-order valence-corrected chi connectivity index (χ1v) is 8.60. The molecule has 0 aliphatic heterocycles. The standard InChI is InChI=1S/C13H24FNO5S/c1-12(2,3)20-11(16)15-9-13(14)6-4-10(5-7-13)8-21(17,18)19/h10H,4-9H2,1-3H3,(H,15,16)(H,17,18,19). The summed E-state index contributed by atoms with van der Waals surface area (Å²) in [5.41, 5.74) is -2.19. The molecule has 1 aliphatic rings. The molecular formula is C13H24FNO5S. The first-order valence-electron chi connectivity index (χ1n) is 6.99. The molecule has 0 radical (unpaired) electrons. The molecule has 0 atom stereocenters. The summed E-state index contributed by atoms with van der Waals surface area (Å²) in [4.78, 5) is 11.5. The molecule has 0 aromatic heterocycles. The van der Waals surface area contributed by atoms with E-state index in [9.17, 15) is 17.6 Å². The highest BCUT2D eigenvalue weighted by Gasteiger charge is 2.37. The molecule has 1 amide bonds. The first-order chi connectivity index (χ1) is 9.39. The van der Waals surface area contributed by atoms with Gasteiger partial charge in [-0.25, -0.2) is 9.18 Å². The molecule has 124 valence electrons. The van der Waals surface area contributed by atoms with Crippen LogP contribution < -0.4 is 5.32 Å². The molecule has 0 heterocycles. The zero-order valence-corrected chi connectivity index (χ0v) is 13.5. The van der Waals surface area contributed by atoms with Gasteiger partial charge in [0.1, 0.15) is 11.3 Å². The van der Waals surface area contributed by atoms with Crippen molar-refractivity contribution in [1.29, 1.82) is 0 Å². The zero-order chi connectivity index (χ0) is 16.3. The fourth-order valence-corrected chi connectivity index (χ4v) is 3.31. The predicted octanol–water partition coefficient (Wildman–Crippen LogP) is 2.30. The molecule has 1 saturated carbocycles. The maximum atomic E-state index is 14.5. The maximum absolute atomic E-state index is 14.5. The lowest BCUT2D eigenvalue weighted by molar-refractivity contribution is 0.0413. The minimum absolute atomic E-state index is 0.152. The monoisotopic (exact) mass is 325 g/mol. The van der Waals surface area contributed by atoms with Crippen molar-refractivity contribution in [2.75, 3.05) is 12.3 Å². The average molecular weight is 325 g/mol. The zero-order valence-electron chi connectivity index (χ0n) is 12.7. The summed E-state index contributed by atoms with van der Waals surface area (Å²) in [6, 6.07) is 0. The van der Waals surface area contributed by atoms with Gasteiger partial charge in [-0.2, -0.15) is 8.42 Å². The number of rotatable bonds is 4. The van der Waals surface area contributed by atoms with Gasteiger partial charge >= 0.3 is 6.09 Å². The van der Waals surface area contributed by atoms with Gasteiger partial charge in [0.2, 0.25) is 0 Å². The molecule has 21 heavy (non-hydrogen) atoms. The lowest BCUT2D eigenvalue weighted by Crippen LogP contribution is -2.44. The van der Waals surface area contributed by atoms with E-state index in [0.717, 1.165) is 0 Å². The third-order valence-electron chi connectivity index (χ3n) is 3.40. The van der Waals surface area contributed by atoms with Gasteiger partial charge in [-0.1, -0.05) is 0 Å². The quantitative estimate of drug-likeness (QED) is 0.774. The molecule has 0 aromatic rings. The Morgan fingerprint density at radius 2 is 1.90 bits per heavy atom. The maximum Gasteiger partial charge on any atom is 0.407 e. The van der Waals surface area contributed by atoms with Crippen molar-refractivity contribution in [2.45, 2.75) is 57.7 Å². The lowest BCUT2D eigenvalue weighted by Gasteiger charge is -2.33. The van der Waals surface area contributed by atoms with Crippen LogP contribution in [0.3, 0.4) is 0 Å². The molecule has 0 saturated heterocycles. The molecule has 0 aromatic carbocycles. The van der Waals surface area contributed by atoms with Crippen molar-refractivity contribution in [2.24, 2.45) is 5.92 Å². The van der Waals surface area contributed by atoms with Gasteiger partial charge in [0.05, 0.1) is 12.3 Å². The van der Waals surface area contributed by atoms with Crippen molar-refractivity contribution in [3.8, 4) is 0 Å². The van der Waals surface area contributed by atoms with E-state index in [1.165, 1.54) is 0 Å². The van der Waals surface area contributed by atoms with Crippen LogP contribution >= 0.6 is 0 Å². The Bertz CT molecular complexity index is 463. The third kappa shape index (κ3) is 7.61. The van der Waals surface area contributed by atoms with Crippen molar-refractivity contribution in [3.63, 3.8) is 0 Å². The van der Waals surface area contributed by atoms with E-state index >= 15 is 0 Å². The van der Waals surface area contributed by atoms with Gasteiger partial charge in [-0.05, 0) is 52.4 Å². The van der Waals surface area contributed by atoms with Crippen LogP contribution in [0, 0.1) is 5.92 Å². The second-order valence-electron chi connectivity index (χ2n) is 6.70. The van der Waals surface area contributed by atoms with Crippen LogP contribution in [0.2, 0.25) is 0 Å². The number of hydrogen-bond acceptors (Lipinski definition) is 4. The van der Waals surface area contributed by atoms with Crippen molar-refractivity contribution >= 4 is 16.2 Å². The summed E-state index contributed by atoms with van der Waals surface area (Å²) < 4.78 is 49.9. The third-order valence-corrected chi connectivity index (χ3v) is 4.29. The fraction of sp³-hybridized carbons (Fsp3) is 0.923. The van der Waals surface area contributed by atoms with Crippen LogP contribution in [-0.4, -0.2) is 42.6 Å². The molecule has 1 aliphatic carbocycles. The van der Waals surface area contributed by atoms with Crippen LogP contribution in [-0.2, 0) is 14.9 Å². The normalized spacial score (nSPS) is 27.2. The van der Waals surface area contributed by atoms with Gasteiger partial charge in [0.15, 0.2) is 0 Å². The highest BCUT2D eigenvalue weighted by Crippen LogP contribution is 2.35. The molecule has 8 heteroatoms. The van der Waals surface area contributed by atoms with Gasteiger partial charge in [0.25, 0.3) is 10.1 Å². The van der Waals surface area contributed by atoms with E-state index in [2.05, 4.69) is 5.32 Å². The number of halogens is 1. The second-order valence-corrected chi connectivity index (χ2v) is 8.20. The Morgan fingerprint density at radius 3 is 2.33 bits per heavy atom. The van der Waals surface area contributed by atoms with Crippen LogP contribution in [0.1, 0.15) is 46.5 Å². The first kappa shape index (κ1) is 18.2. The SMILES string of the molecule is CC(C)(C)OC(=O)NCC1(F)CCC(CS(=O)(=O)O)CC1. The highest BCUT2D eigenvalue weighted by molar-refractivity contribution is 7.85. The Morgan fingerprint density at radius 1 is 1.38 bits per heavy atom. The number of carbonyl (C=O) groups excluding carboxylic acids is 1. The molecule has 2 N–H and O–H groups in total. The van der Waals surface area contributed by atoms with E-state index in [1.54, 1.807) is 20.8 Å². The molecule has 0 spiro atoms. The number of hydrogen-bond donors (Lipinski definition) is 2. The van der Waals surface area contributed by atoms with E-state index in [4.69, 9.17) is 9.29 Å². The summed E-state index contributed by atoms with van der Waals surface area (Å²) in [5.74, 6) is -0.562. The van der Waals surface area contributed by atoms with Crippen LogP contribution in [0.25, 0.3) is 0 Å².